The Morgan fingerprint density at radius 3 is 2.66 bits per heavy atom. The monoisotopic (exact) mass is 447 g/mol. The number of hydrogen-bond donors (Lipinski definition) is 1. The van der Waals surface area contributed by atoms with E-state index in [0.29, 0.717) is 25.1 Å². The molecule has 0 fully saturated rings. The summed E-state index contributed by atoms with van der Waals surface area (Å²) in [5.74, 6) is 1.72. The Balaban J connectivity index is 1.37. The molecule has 1 amide bonds. The number of benzene rings is 3. The summed E-state index contributed by atoms with van der Waals surface area (Å²) in [5, 5.41) is 3.73. The van der Waals surface area contributed by atoms with Gasteiger partial charge < -0.3 is 14.6 Å². The summed E-state index contributed by atoms with van der Waals surface area (Å²) < 4.78 is 8.13. The van der Waals surface area contributed by atoms with Crippen LogP contribution >= 0.6 is 11.6 Å². The summed E-state index contributed by atoms with van der Waals surface area (Å²) in [6.07, 6.45) is 1.50. The van der Waals surface area contributed by atoms with Gasteiger partial charge in [-0.3, -0.25) is 4.79 Å². The first-order chi connectivity index (χ1) is 15.6. The smallest absolute Gasteiger partial charge is 0.251 e. The Kier molecular flexibility index (Phi) is 7.07. The van der Waals surface area contributed by atoms with Gasteiger partial charge in [-0.1, -0.05) is 41.9 Å². The topological polar surface area (TPSA) is 56.1 Å². The molecule has 3 aromatic carbocycles. The van der Waals surface area contributed by atoms with E-state index >= 15 is 0 Å². The lowest BCUT2D eigenvalue weighted by atomic mass is 10.2. The molecule has 32 heavy (non-hydrogen) atoms. The zero-order valence-corrected chi connectivity index (χ0v) is 18.8. The first-order valence-corrected chi connectivity index (χ1v) is 11.2. The van der Waals surface area contributed by atoms with Crippen molar-refractivity contribution in [3.63, 3.8) is 0 Å². The SMILES string of the molecule is Cc1cc(OCCCn2c(CCNC(=O)c3ccccc3)nc3ccccc32)ccc1Cl. The van der Waals surface area contributed by atoms with Gasteiger partial charge >= 0.3 is 0 Å². The molecule has 1 N–H and O–H groups in total. The summed E-state index contributed by atoms with van der Waals surface area (Å²) in [6.45, 7) is 3.88. The van der Waals surface area contributed by atoms with Gasteiger partial charge in [0.2, 0.25) is 0 Å². The Hall–Kier alpha value is -3.31. The molecule has 0 spiro atoms. The third-order valence-corrected chi connectivity index (χ3v) is 5.75. The number of para-hydroxylation sites is 2. The van der Waals surface area contributed by atoms with Gasteiger partial charge in [-0.15, -0.1) is 0 Å². The predicted molar refractivity (Wildman–Crippen MR) is 129 cm³/mol. The van der Waals surface area contributed by atoms with Gasteiger partial charge in [0.05, 0.1) is 17.6 Å². The standard InChI is InChI=1S/C26H26ClN3O2/c1-19-18-21(12-13-22(19)27)32-17-7-16-30-24-11-6-5-10-23(24)29-25(30)14-15-28-26(31)20-8-3-2-4-9-20/h2-6,8-13,18H,7,14-17H2,1H3,(H,28,31). The van der Waals surface area contributed by atoms with Crippen molar-refractivity contribution < 1.29 is 9.53 Å². The first kappa shape index (κ1) is 21.9. The van der Waals surface area contributed by atoms with Crippen molar-refractivity contribution in [1.82, 2.24) is 14.9 Å². The Morgan fingerprint density at radius 1 is 1.06 bits per heavy atom. The van der Waals surface area contributed by atoms with E-state index in [4.69, 9.17) is 21.3 Å². The van der Waals surface area contributed by atoms with Crippen LogP contribution in [-0.2, 0) is 13.0 Å². The molecule has 164 valence electrons. The Bertz CT molecular complexity index is 1200. The van der Waals surface area contributed by atoms with Gasteiger partial charge in [-0.05, 0) is 61.4 Å². The molecule has 0 bridgehead atoms. The molecule has 4 aromatic rings. The van der Waals surface area contributed by atoms with Crippen LogP contribution in [0, 0.1) is 6.92 Å². The van der Waals surface area contributed by atoms with Crippen LogP contribution in [0.3, 0.4) is 0 Å². The summed E-state index contributed by atoms with van der Waals surface area (Å²) in [6, 6.07) is 23.1. The lowest BCUT2D eigenvalue weighted by molar-refractivity contribution is 0.0954. The summed E-state index contributed by atoms with van der Waals surface area (Å²) in [7, 11) is 0. The molecule has 0 unspecified atom stereocenters. The third-order valence-electron chi connectivity index (χ3n) is 5.33. The molecular formula is C26H26ClN3O2. The number of ether oxygens (including phenoxy) is 1. The van der Waals surface area contributed by atoms with Gasteiger partial charge in [-0.25, -0.2) is 4.98 Å². The second-order valence-corrected chi connectivity index (χ2v) is 8.06. The lowest BCUT2D eigenvalue weighted by Gasteiger charge is -2.11. The maximum absolute atomic E-state index is 12.3. The van der Waals surface area contributed by atoms with Crippen LogP contribution in [0.2, 0.25) is 5.02 Å². The number of rotatable bonds is 9. The largest absolute Gasteiger partial charge is 0.494 e. The minimum absolute atomic E-state index is 0.0695. The molecule has 5 nitrogen and oxygen atoms in total. The molecule has 6 heteroatoms. The fourth-order valence-corrected chi connectivity index (χ4v) is 3.78. The number of aromatic nitrogens is 2. The fraction of sp³-hybridized carbons (Fsp3) is 0.231. The highest BCUT2D eigenvalue weighted by molar-refractivity contribution is 6.31. The van der Waals surface area contributed by atoms with Crippen molar-refractivity contribution in [3.8, 4) is 5.75 Å². The van der Waals surface area contributed by atoms with Crippen molar-refractivity contribution >= 4 is 28.5 Å². The van der Waals surface area contributed by atoms with E-state index in [9.17, 15) is 4.79 Å². The Morgan fingerprint density at radius 2 is 1.84 bits per heavy atom. The number of aryl methyl sites for hydroxylation is 2. The van der Waals surface area contributed by atoms with E-state index in [1.165, 1.54) is 0 Å². The molecule has 0 aliphatic rings. The molecule has 0 atom stereocenters. The van der Waals surface area contributed by atoms with Gasteiger partial charge in [0.1, 0.15) is 11.6 Å². The zero-order valence-electron chi connectivity index (χ0n) is 18.1. The molecule has 1 aromatic heterocycles. The van der Waals surface area contributed by atoms with Crippen molar-refractivity contribution in [1.29, 1.82) is 0 Å². The Labute approximate surface area is 193 Å². The third kappa shape index (κ3) is 5.29. The number of carbonyl (C=O) groups is 1. The van der Waals surface area contributed by atoms with Crippen LogP contribution in [0.25, 0.3) is 11.0 Å². The molecular weight excluding hydrogens is 422 g/mol. The average Bonchev–Trinajstić information content (AvgIpc) is 3.17. The molecule has 0 aliphatic heterocycles. The number of carbonyl (C=O) groups excluding carboxylic acids is 1. The number of halogens is 1. The van der Waals surface area contributed by atoms with Gasteiger partial charge in [-0.2, -0.15) is 0 Å². The lowest BCUT2D eigenvalue weighted by Crippen LogP contribution is -2.26. The number of nitrogens with one attached hydrogen (secondary N) is 1. The normalized spacial score (nSPS) is 10.9. The van der Waals surface area contributed by atoms with Crippen LogP contribution in [0.1, 0.15) is 28.2 Å². The fourth-order valence-electron chi connectivity index (χ4n) is 3.66. The molecule has 1 heterocycles. The molecule has 4 rings (SSSR count). The molecule has 0 radical (unpaired) electrons. The number of amides is 1. The highest BCUT2D eigenvalue weighted by Gasteiger charge is 2.11. The van der Waals surface area contributed by atoms with Crippen LogP contribution in [0.4, 0.5) is 0 Å². The van der Waals surface area contributed by atoms with E-state index < -0.39 is 0 Å². The molecule has 0 saturated heterocycles. The second kappa shape index (κ2) is 10.3. The van der Waals surface area contributed by atoms with Crippen LogP contribution < -0.4 is 10.1 Å². The minimum atomic E-state index is -0.0695. The van der Waals surface area contributed by atoms with Crippen LogP contribution in [0.5, 0.6) is 5.75 Å². The van der Waals surface area contributed by atoms with Crippen LogP contribution in [0.15, 0.2) is 72.8 Å². The van der Waals surface area contributed by atoms with Crippen molar-refractivity contribution in [2.45, 2.75) is 26.3 Å². The van der Waals surface area contributed by atoms with Gasteiger partial charge in [0, 0.05) is 30.1 Å². The maximum atomic E-state index is 12.3. The number of hydrogen-bond acceptors (Lipinski definition) is 3. The summed E-state index contributed by atoms with van der Waals surface area (Å²) in [4.78, 5) is 17.1. The quantitative estimate of drug-likeness (QED) is 0.347. The molecule has 0 aliphatic carbocycles. The minimum Gasteiger partial charge on any atom is -0.494 e. The van der Waals surface area contributed by atoms with Crippen molar-refractivity contribution in [3.05, 3.63) is 94.8 Å². The van der Waals surface area contributed by atoms with E-state index in [2.05, 4.69) is 16.0 Å². The highest BCUT2D eigenvalue weighted by Crippen LogP contribution is 2.21. The predicted octanol–water partition coefficient (Wildman–Crippen LogP) is 5.44. The van der Waals surface area contributed by atoms with E-state index in [1.807, 2.05) is 73.7 Å². The summed E-state index contributed by atoms with van der Waals surface area (Å²) in [5.41, 5.74) is 3.73. The van der Waals surface area contributed by atoms with Crippen molar-refractivity contribution in [2.75, 3.05) is 13.2 Å². The number of fused-ring (bicyclic) bond motifs is 1. The van der Waals surface area contributed by atoms with Crippen molar-refractivity contribution in [2.24, 2.45) is 0 Å². The maximum Gasteiger partial charge on any atom is 0.251 e. The highest BCUT2D eigenvalue weighted by atomic mass is 35.5. The number of imidazole rings is 1. The zero-order chi connectivity index (χ0) is 22.3. The second-order valence-electron chi connectivity index (χ2n) is 7.65. The van der Waals surface area contributed by atoms with Gasteiger partial charge in [0.25, 0.3) is 5.91 Å². The average molecular weight is 448 g/mol. The van der Waals surface area contributed by atoms with E-state index in [0.717, 1.165) is 46.2 Å². The number of nitrogens with zero attached hydrogens (tertiary/aromatic N) is 2. The summed E-state index contributed by atoms with van der Waals surface area (Å²) >= 11 is 6.09. The van der Waals surface area contributed by atoms with Crippen LogP contribution in [-0.4, -0.2) is 28.6 Å². The van der Waals surface area contributed by atoms with Gasteiger partial charge in [0.15, 0.2) is 0 Å². The van der Waals surface area contributed by atoms with E-state index in [1.54, 1.807) is 0 Å². The molecule has 0 saturated carbocycles. The first-order valence-electron chi connectivity index (χ1n) is 10.8. The van der Waals surface area contributed by atoms with E-state index in [-0.39, 0.29) is 5.91 Å².